The van der Waals surface area contributed by atoms with Crippen LogP contribution < -0.4 is 5.46 Å². The van der Waals surface area contributed by atoms with E-state index in [0.29, 0.717) is 19.1 Å². The van der Waals surface area contributed by atoms with Gasteiger partial charge in [0.15, 0.2) is 0 Å². The van der Waals surface area contributed by atoms with E-state index >= 15 is 0 Å². The molecule has 0 amide bonds. The maximum absolute atomic E-state index is 13.6. The second kappa shape index (κ2) is 4.55. The van der Waals surface area contributed by atoms with Gasteiger partial charge >= 0.3 is 7.12 Å². The van der Waals surface area contributed by atoms with E-state index in [2.05, 4.69) is 0 Å². The van der Waals surface area contributed by atoms with Gasteiger partial charge in [0.25, 0.3) is 0 Å². The van der Waals surface area contributed by atoms with Crippen LogP contribution in [0.4, 0.5) is 4.39 Å². The smallest absolute Gasteiger partial charge is 0.399 e. The van der Waals surface area contributed by atoms with Crippen molar-refractivity contribution >= 4 is 12.6 Å². The molecular weight excluding hydrogens is 258 g/mol. The maximum atomic E-state index is 13.6. The van der Waals surface area contributed by atoms with Gasteiger partial charge in [0.05, 0.1) is 24.4 Å². The summed E-state index contributed by atoms with van der Waals surface area (Å²) in [6.07, 6.45) is 0. The summed E-state index contributed by atoms with van der Waals surface area (Å²) in [4.78, 5) is 0. The van der Waals surface area contributed by atoms with Crippen LogP contribution in [0, 0.1) is 5.82 Å². The minimum atomic E-state index is -0.522. The largest absolute Gasteiger partial charge is 0.495 e. The normalized spacial score (nSPS) is 24.8. The molecule has 0 unspecified atom stereocenters. The Hall–Kier alpha value is -0.905. The van der Waals surface area contributed by atoms with E-state index in [1.54, 1.807) is 0 Å². The third-order valence-corrected chi connectivity index (χ3v) is 4.63. The highest BCUT2D eigenvalue weighted by atomic mass is 19.1. The molecule has 0 radical (unpaired) electrons. The highest BCUT2D eigenvalue weighted by Gasteiger charge is 2.52. The van der Waals surface area contributed by atoms with Crippen molar-refractivity contribution in [3.8, 4) is 0 Å². The number of benzene rings is 1. The third kappa shape index (κ3) is 2.18. The number of rotatable bonds is 2. The minimum absolute atomic E-state index is 0.265. The number of ether oxygens (including phenoxy) is 1. The Balaban J connectivity index is 1.96. The van der Waals surface area contributed by atoms with E-state index in [1.165, 1.54) is 12.1 Å². The SMILES string of the molecule is CC1(C)OB(c2cc(F)ccc2C2COC2)OC1(C)C. The van der Waals surface area contributed by atoms with Crippen LogP contribution in [0.25, 0.3) is 0 Å². The Morgan fingerprint density at radius 1 is 1.10 bits per heavy atom. The topological polar surface area (TPSA) is 27.7 Å². The van der Waals surface area contributed by atoms with Gasteiger partial charge < -0.3 is 14.0 Å². The van der Waals surface area contributed by atoms with Crippen LogP contribution in [0.5, 0.6) is 0 Å². The number of hydrogen-bond acceptors (Lipinski definition) is 3. The lowest BCUT2D eigenvalue weighted by atomic mass is 9.72. The van der Waals surface area contributed by atoms with E-state index in [-0.39, 0.29) is 5.82 Å². The van der Waals surface area contributed by atoms with Gasteiger partial charge in [-0.25, -0.2) is 4.39 Å². The Kier molecular flexibility index (Phi) is 3.20. The zero-order valence-electron chi connectivity index (χ0n) is 12.4. The van der Waals surface area contributed by atoms with Crippen molar-refractivity contribution in [3.05, 3.63) is 29.6 Å². The molecule has 0 aromatic heterocycles. The lowest BCUT2D eigenvalue weighted by molar-refractivity contribution is 0.00578. The van der Waals surface area contributed by atoms with Gasteiger partial charge in [-0.05, 0) is 50.9 Å². The Morgan fingerprint density at radius 2 is 1.70 bits per heavy atom. The molecule has 3 rings (SSSR count). The quantitative estimate of drug-likeness (QED) is 0.776. The van der Waals surface area contributed by atoms with Crippen molar-refractivity contribution < 1.29 is 18.4 Å². The lowest BCUT2D eigenvalue weighted by Gasteiger charge is -2.32. The van der Waals surface area contributed by atoms with E-state index in [9.17, 15) is 4.39 Å². The number of halogens is 1. The van der Waals surface area contributed by atoms with Crippen molar-refractivity contribution in [2.24, 2.45) is 0 Å². The van der Waals surface area contributed by atoms with Gasteiger partial charge in [0, 0.05) is 5.92 Å². The van der Waals surface area contributed by atoms with Crippen LogP contribution in [0.15, 0.2) is 18.2 Å². The van der Waals surface area contributed by atoms with E-state index in [1.807, 2.05) is 33.8 Å². The molecule has 2 saturated heterocycles. The molecule has 0 bridgehead atoms. The summed E-state index contributed by atoms with van der Waals surface area (Å²) in [7, 11) is -0.522. The van der Waals surface area contributed by atoms with E-state index in [0.717, 1.165) is 11.0 Å². The molecule has 0 spiro atoms. The van der Waals surface area contributed by atoms with Crippen molar-refractivity contribution in [3.63, 3.8) is 0 Å². The molecule has 3 nitrogen and oxygen atoms in total. The van der Waals surface area contributed by atoms with Crippen molar-refractivity contribution in [1.29, 1.82) is 0 Å². The lowest BCUT2D eigenvalue weighted by Crippen LogP contribution is -2.41. The standard InChI is InChI=1S/C15H20BFO3/c1-14(2)15(3,4)20-16(19-14)13-7-11(17)5-6-12(13)10-8-18-9-10/h5-7,10H,8-9H2,1-4H3. The minimum Gasteiger partial charge on any atom is -0.399 e. The van der Waals surface area contributed by atoms with E-state index in [4.69, 9.17) is 14.0 Å². The molecule has 5 heteroatoms. The predicted molar refractivity (Wildman–Crippen MR) is 75.7 cm³/mol. The van der Waals surface area contributed by atoms with Crippen LogP contribution in [0.1, 0.15) is 39.2 Å². The van der Waals surface area contributed by atoms with Gasteiger partial charge in [-0.15, -0.1) is 0 Å². The third-order valence-electron chi connectivity index (χ3n) is 4.63. The Bertz CT molecular complexity index is 510. The molecule has 2 aliphatic heterocycles. The molecule has 0 atom stereocenters. The molecule has 2 heterocycles. The van der Waals surface area contributed by atoms with Crippen LogP contribution in [0.2, 0.25) is 0 Å². The van der Waals surface area contributed by atoms with Gasteiger partial charge in [-0.2, -0.15) is 0 Å². The summed E-state index contributed by atoms with van der Waals surface area (Å²) < 4.78 is 30.9. The molecular formula is C15H20BFO3. The highest BCUT2D eigenvalue weighted by molar-refractivity contribution is 6.62. The summed E-state index contributed by atoms with van der Waals surface area (Å²) >= 11 is 0. The Morgan fingerprint density at radius 3 is 2.20 bits per heavy atom. The van der Waals surface area contributed by atoms with E-state index < -0.39 is 18.3 Å². The highest BCUT2D eigenvalue weighted by Crippen LogP contribution is 2.37. The molecule has 2 aliphatic rings. The first kappa shape index (κ1) is 14.0. The summed E-state index contributed by atoms with van der Waals surface area (Å²) in [5.74, 6) is 0.0447. The monoisotopic (exact) mass is 278 g/mol. The van der Waals surface area contributed by atoms with Crippen LogP contribution in [-0.4, -0.2) is 31.5 Å². The maximum Gasteiger partial charge on any atom is 0.495 e. The average Bonchev–Trinajstić information content (AvgIpc) is 2.48. The molecule has 0 saturated carbocycles. The summed E-state index contributed by atoms with van der Waals surface area (Å²) in [6.45, 7) is 9.35. The van der Waals surface area contributed by atoms with Crippen LogP contribution >= 0.6 is 0 Å². The van der Waals surface area contributed by atoms with Crippen LogP contribution in [-0.2, 0) is 14.0 Å². The average molecular weight is 278 g/mol. The second-order valence-electron chi connectivity index (χ2n) is 6.60. The molecule has 1 aromatic carbocycles. The molecule has 0 aliphatic carbocycles. The van der Waals surface area contributed by atoms with Gasteiger partial charge in [-0.1, -0.05) is 6.07 Å². The predicted octanol–water partition coefficient (Wildman–Crippen LogP) is 2.24. The van der Waals surface area contributed by atoms with Gasteiger partial charge in [-0.3, -0.25) is 0 Å². The molecule has 0 N–H and O–H groups in total. The first-order chi connectivity index (χ1) is 9.30. The summed E-state index contributed by atoms with van der Waals surface area (Å²) in [5, 5.41) is 0. The summed E-state index contributed by atoms with van der Waals surface area (Å²) in [5.41, 5.74) is 1.02. The zero-order valence-corrected chi connectivity index (χ0v) is 12.4. The van der Waals surface area contributed by atoms with Crippen molar-refractivity contribution in [1.82, 2.24) is 0 Å². The molecule has 20 heavy (non-hydrogen) atoms. The first-order valence-corrected chi connectivity index (χ1v) is 7.03. The fraction of sp³-hybridized carbons (Fsp3) is 0.600. The zero-order chi connectivity index (χ0) is 14.5. The van der Waals surface area contributed by atoms with Crippen molar-refractivity contribution in [2.45, 2.75) is 44.8 Å². The van der Waals surface area contributed by atoms with Gasteiger partial charge in [0.1, 0.15) is 5.82 Å². The number of hydrogen-bond donors (Lipinski definition) is 0. The van der Waals surface area contributed by atoms with Crippen molar-refractivity contribution in [2.75, 3.05) is 13.2 Å². The molecule has 2 fully saturated rings. The molecule has 1 aromatic rings. The van der Waals surface area contributed by atoms with Crippen LogP contribution in [0.3, 0.4) is 0 Å². The van der Waals surface area contributed by atoms with Gasteiger partial charge in [0.2, 0.25) is 0 Å². The summed E-state index contributed by atoms with van der Waals surface area (Å²) in [6, 6.07) is 4.83. The Labute approximate surface area is 119 Å². The fourth-order valence-corrected chi connectivity index (χ4v) is 2.51. The molecule has 108 valence electrons. The first-order valence-electron chi connectivity index (χ1n) is 7.03. The second-order valence-corrected chi connectivity index (χ2v) is 6.60. The fourth-order valence-electron chi connectivity index (χ4n) is 2.51.